The lowest BCUT2D eigenvalue weighted by Gasteiger charge is -2.17. The predicted molar refractivity (Wildman–Crippen MR) is 88.9 cm³/mol. The molecule has 0 radical (unpaired) electrons. The second kappa shape index (κ2) is 9.76. The van der Waals surface area contributed by atoms with Gasteiger partial charge < -0.3 is 10.6 Å². The molecule has 0 fully saturated rings. The van der Waals surface area contributed by atoms with Crippen LogP contribution in [0.1, 0.15) is 20.3 Å². The summed E-state index contributed by atoms with van der Waals surface area (Å²) in [6.45, 7) is 3.04. The summed E-state index contributed by atoms with van der Waals surface area (Å²) in [7, 11) is 1.42. The minimum Gasteiger partial charge on any atom is -0.335 e. The van der Waals surface area contributed by atoms with Gasteiger partial charge in [0.1, 0.15) is 0 Å². The monoisotopic (exact) mass is 374 g/mol. The van der Waals surface area contributed by atoms with E-state index < -0.39 is 41.0 Å². The molecular formula is C16H21F3N4O3. The third-order valence-electron chi connectivity index (χ3n) is 3.38. The zero-order valence-corrected chi connectivity index (χ0v) is 14.7. The summed E-state index contributed by atoms with van der Waals surface area (Å²) in [5.74, 6) is -5.96. The first kappa shape index (κ1) is 21.4. The van der Waals surface area contributed by atoms with E-state index >= 15 is 0 Å². The molecule has 0 saturated carbocycles. The summed E-state index contributed by atoms with van der Waals surface area (Å²) in [6, 6.07) is 0.821. The maximum Gasteiger partial charge on any atom is 0.321 e. The van der Waals surface area contributed by atoms with Crippen LogP contribution < -0.4 is 16.0 Å². The summed E-state index contributed by atoms with van der Waals surface area (Å²) >= 11 is 0. The molecular weight excluding hydrogens is 353 g/mol. The highest BCUT2D eigenvalue weighted by Crippen LogP contribution is 2.19. The standard InChI is InChI=1S/C16H21F3N4O3/c1-4-9(2)20-16(26)22-13(25)8-23(3)7-12(24)21-11-6-5-10(17)14(18)15(11)19/h5-6,9H,4,7-8H2,1-3H3,(H,21,24)(H2,20,22,25,26)/t9-/m0/s1. The Kier molecular flexibility index (Phi) is 8.04. The van der Waals surface area contributed by atoms with Crippen LogP contribution in [0.2, 0.25) is 0 Å². The minimum absolute atomic E-state index is 0.0997. The van der Waals surface area contributed by atoms with Crippen molar-refractivity contribution in [2.45, 2.75) is 26.3 Å². The van der Waals surface area contributed by atoms with Crippen molar-refractivity contribution in [1.29, 1.82) is 0 Å². The van der Waals surface area contributed by atoms with Gasteiger partial charge in [-0.1, -0.05) is 6.92 Å². The number of amides is 4. The fraction of sp³-hybridized carbons (Fsp3) is 0.438. The highest BCUT2D eigenvalue weighted by molar-refractivity contribution is 5.96. The van der Waals surface area contributed by atoms with E-state index in [0.717, 1.165) is 6.07 Å². The van der Waals surface area contributed by atoms with E-state index in [2.05, 4.69) is 16.0 Å². The van der Waals surface area contributed by atoms with E-state index in [1.54, 1.807) is 6.92 Å². The predicted octanol–water partition coefficient (Wildman–Crippen LogP) is 1.60. The van der Waals surface area contributed by atoms with Crippen LogP contribution in [-0.2, 0) is 9.59 Å². The molecule has 0 aliphatic carbocycles. The molecule has 0 aliphatic heterocycles. The first-order valence-electron chi connectivity index (χ1n) is 7.86. The van der Waals surface area contributed by atoms with Crippen LogP contribution in [0, 0.1) is 17.5 Å². The SMILES string of the molecule is CC[C@H](C)NC(=O)NC(=O)CN(C)CC(=O)Nc1ccc(F)c(F)c1F. The average Bonchev–Trinajstić information content (AvgIpc) is 2.54. The van der Waals surface area contributed by atoms with Crippen LogP contribution >= 0.6 is 0 Å². The number of benzene rings is 1. The third-order valence-corrected chi connectivity index (χ3v) is 3.38. The van der Waals surface area contributed by atoms with Crippen LogP contribution in [0.3, 0.4) is 0 Å². The Labute approximate surface area is 148 Å². The minimum atomic E-state index is -1.69. The summed E-state index contributed by atoms with van der Waals surface area (Å²) in [5, 5.41) is 6.74. The number of likely N-dealkylation sites (N-methyl/N-ethyl adjacent to an activating group) is 1. The van der Waals surface area contributed by atoms with Crippen LogP contribution in [0.15, 0.2) is 12.1 Å². The molecule has 1 rings (SSSR count). The molecule has 0 aliphatic rings. The molecule has 1 aromatic rings. The van der Waals surface area contributed by atoms with Gasteiger partial charge in [0.25, 0.3) is 0 Å². The molecule has 10 heteroatoms. The van der Waals surface area contributed by atoms with Gasteiger partial charge in [-0.3, -0.25) is 19.8 Å². The van der Waals surface area contributed by atoms with Gasteiger partial charge in [0.05, 0.1) is 18.8 Å². The van der Waals surface area contributed by atoms with Crippen molar-refractivity contribution >= 4 is 23.5 Å². The van der Waals surface area contributed by atoms with E-state index in [1.165, 1.54) is 11.9 Å². The molecule has 0 bridgehead atoms. The van der Waals surface area contributed by atoms with E-state index in [0.29, 0.717) is 12.5 Å². The Morgan fingerprint density at radius 2 is 1.69 bits per heavy atom. The second-order valence-electron chi connectivity index (χ2n) is 5.77. The van der Waals surface area contributed by atoms with Crippen molar-refractivity contribution in [2.75, 3.05) is 25.5 Å². The number of hydrogen-bond acceptors (Lipinski definition) is 4. The van der Waals surface area contributed by atoms with Crippen LogP contribution in [0.25, 0.3) is 0 Å². The molecule has 4 amide bonds. The molecule has 26 heavy (non-hydrogen) atoms. The maximum absolute atomic E-state index is 13.5. The zero-order valence-electron chi connectivity index (χ0n) is 14.7. The lowest BCUT2D eigenvalue weighted by atomic mass is 10.2. The fourth-order valence-electron chi connectivity index (χ4n) is 1.89. The Morgan fingerprint density at radius 3 is 2.31 bits per heavy atom. The van der Waals surface area contributed by atoms with Gasteiger partial charge in [-0.25, -0.2) is 18.0 Å². The molecule has 0 aromatic heterocycles. The van der Waals surface area contributed by atoms with Gasteiger partial charge in [0.15, 0.2) is 17.5 Å². The van der Waals surface area contributed by atoms with Gasteiger partial charge in [0.2, 0.25) is 11.8 Å². The number of anilines is 1. The lowest BCUT2D eigenvalue weighted by Crippen LogP contribution is -2.47. The molecule has 144 valence electrons. The Balaban J connectivity index is 2.48. The first-order valence-corrected chi connectivity index (χ1v) is 7.86. The van der Waals surface area contributed by atoms with E-state index in [1.807, 2.05) is 6.92 Å². The molecule has 0 spiro atoms. The Morgan fingerprint density at radius 1 is 1.08 bits per heavy atom. The molecule has 1 atom stereocenters. The zero-order chi connectivity index (χ0) is 19.9. The molecule has 0 unspecified atom stereocenters. The number of carbonyl (C=O) groups is 3. The number of rotatable bonds is 7. The number of halogens is 3. The highest BCUT2D eigenvalue weighted by Gasteiger charge is 2.17. The lowest BCUT2D eigenvalue weighted by molar-refractivity contribution is -0.122. The number of hydrogen-bond donors (Lipinski definition) is 3. The number of carbonyl (C=O) groups excluding carboxylic acids is 3. The van der Waals surface area contributed by atoms with E-state index in [4.69, 9.17) is 0 Å². The van der Waals surface area contributed by atoms with Crippen LogP contribution in [0.5, 0.6) is 0 Å². The van der Waals surface area contributed by atoms with E-state index in [9.17, 15) is 27.6 Å². The van der Waals surface area contributed by atoms with Gasteiger partial charge in [-0.05, 0) is 32.5 Å². The molecule has 1 aromatic carbocycles. The van der Waals surface area contributed by atoms with Gasteiger partial charge in [0, 0.05) is 6.04 Å². The van der Waals surface area contributed by atoms with Gasteiger partial charge in [-0.2, -0.15) is 0 Å². The smallest absolute Gasteiger partial charge is 0.321 e. The van der Waals surface area contributed by atoms with Crippen molar-refractivity contribution in [1.82, 2.24) is 15.5 Å². The van der Waals surface area contributed by atoms with Crippen molar-refractivity contribution in [2.24, 2.45) is 0 Å². The van der Waals surface area contributed by atoms with Crippen molar-refractivity contribution in [3.05, 3.63) is 29.6 Å². The van der Waals surface area contributed by atoms with Gasteiger partial charge >= 0.3 is 6.03 Å². The maximum atomic E-state index is 13.5. The number of urea groups is 1. The number of imide groups is 1. The summed E-state index contributed by atoms with van der Waals surface area (Å²) in [5.41, 5.74) is -0.514. The Bertz CT molecular complexity index is 685. The average molecular weight is 374 g/mol. The normalized spacial score (nSPS) is 11.8. The number of nitrogens with zero attached hydrogens (tertiary/aromatic N) is 1. The summed E-state index contributed by atoms with van der Waals surface area (Å²) in [6.07, 6.45) is 0.697. The highest BCUT2D eigenvalue weighted by atomic mass is 19.2. The van der Waals surface area contributed by atoms with E-state index in [-0.39, 0.29) is 19.1 Å². The first-order chi connectivity index (χ1) is 12.1. The second-order valence-corrected chi connectivity index (χ2v) is 5.77. The van der Waals surface area contributed by atoms with Crippen LogP contribution in [-0.4, -0.2) is 48.9 Å². The fourth-order valence-corrected chi connectivity index (χ4v) is 1.89. The summed E-state index contributed by atoms with van der Waals surface area (Å²) in [4.78, 5) is 36.3. The third kappa shape index (κ3) is 6.71. The van der Waals surface area contributed by atoms with Crippen molar-refractivity contribution in [3.8, 4) is 0 Å². The largest absolute Gasteiger partial charge is 0.335 e. The Hall–Kier alpha value is -2.62. The molecule has 3 N–H and O–H groups in total. The van der Waals surface area contributed by atoms with Crippen molar-refractivity contribution < 1.29 is 27.6 Å². The molecule has 7 nitrogen and oxygen atoms in total. The quantitative estimate of drug-likeness (QED) is 0.633. The molecule has 0 saturated heterocycles. The topological polar surface area (TPSA) is 90.5 Å². The molecule has 0 heterocycles. The number of nitrogens with one attached hydrogen (secondary N) is 3. The summed E-state index contributed by atoms with van der Waals surface area (Å²) < 4.78 is 39.4. The van der Waals surface area contributed by atoms with Crippen LogP contribution in [0.4, 0.5) is 23.7 Å². The van der Waals surface area contributed by atoms with Gasteiger partial charge in [-0.15, -0.1) is 0 Å². The van der Waals surface area contributed by atoms with Crippen molar-refractivity contribution in [3.63, 3.8) is 0 Å².